The van der Waals surface area contributed by atoms with E-state index in [2.05, 4.69) is 126 Å². The third-order valence-corrected chi connectivity index (χ3v) is 14.8. The summed E-state index contributed by atoms with van der Waals surface area (Å²) in [5.74, 6) is 1.63. The molecule has 1 amide bonds. The number of rotatable bonds is 16. The molecule has 0 radical (unpaired) electrons. The maximum Gasteiger partial charge on any atom is 0.251 e. The zero-order chi connectivity index (χ0) is 41.2. The summed E-state index contributed by atoms with van der Waals surface area (Å²) in [7, 11) is 0. The van der Waals surface area contributed by atoms with Crippen LogP contribution in [0.5, 0.6) is 0 Å². The van der Waals surface area contributed by atoms with Crippen LogP contribution in [0.15, 0.2) is 108 Å². The van der Waals surface area contributed by atoms with Gasteiger partial charge in [0.1, 0.15) is 0 Å². The van der Waals surface area contributed by atoms with Gasteiger partial charge in [0.25, 0.3) is 5.91 Å². The second kappa shape index (κ2) is 20.7. The number of piperidine rings is 1. The maximum atomic E-state index is 13.3. The molecule has 59 heavy (non-hydrogen) atoms. The van der Waals surface area contributed by atoms with Crippen LogP contribution in [-0.2, 0) is 6.54 Å². The Labute approximate surface area is 364 Å². The molecule has 8 heteroatoms. The molecule has 2 heterocycles. The van der Waals surface area contributed by atoms with Gasteiger partial charge in [-0.25, -0.2) is 0 Å². The average Bonchev–Trinajstić information content (AvgIpc) is 3.26. The van der Waals surface area contributed by atoms with Crippen LogP contribution in [0.25, 0.3) is 5.57 Å². The highest BCUT2D eigenvalue weighted by molar-refractivity contribution is 7.99. The SMILES string of the molecule is Cc1cc(CNC(=O)c2ccc(N3CCN(CC4=C(c5ccc(Cl)cc5)CCC(C)(C(C)C)C4)CC3)cc2)ccc1N[C@H](CCN1CCCCC1)CSc1ccccc1. The molecule has 2 N–H and O–H groups in total. The zero-order valence-corrected chi connectivity index (χ0v) is 37.5. The fourth-order valence-electron chi connectivity index (χ4n) is 9.11. The van der Waals surface area contributed by atoms with Gasteiger partial charge in [-0.05, 0) is 147 Å². The van der Waals surface area contributed by atoms with E-state index in [9.17, 15) is 4.79 Å². The Hall–Kier alpha value is -3.75. The van der Waals surface area contributed by atoms with E-state index in [1.807, 2.05) is 36.0 Å². The first kappa shape index (κ1) is 43.3. The quantitative estimate of drug-likeness (QED) is 0.110. The number of likely N-dealkylation sites (tertiary alicyclic amines) is 1. The average molecular weight is 833 g/mol. The van der Waals surface area contributed by atoms with Gasteiger partial charge in [0.05, 0.1) is 0 Å². The van der Waals surface area contributed by atoms with Gasteiger partial charge in [-0.3, -0.25) is 9.69 Å². The first-order valence-electron chi connectivity index (χ1n) is 22.2. The minimum Gasteiger partial charge on any atom is -0.381 e. The number of amides is 1. The number of piperazine rings is 1. The Morgan fingerprint density at radius 1 is 0.847 bits per heavy atom. The Balaban J connectivity index is 0.898. The molecule has 2 atom stereocenters. The molecule has 4 aromatic rings. The molecule has 2 aliphatic heterocycles. The highest BCUT2D eigenvalue weighted by Gasteiger charge is 2.35. The largest absolute Gasteiger partial charge is 0.381 e. The van der Waals surface area contributed by atoms with E-state index < -0.39 is 0 Å². The molecule has 314 valence electrons. The minimum atomic E-state index is -0.0393. The van der Waals surface area contributed by atoms with Gasteiger partial charge in [0, 0.05) is 84.5 Å². The summed E-state index contributed by atoms with van der Waals surface area (Å²) in [5, 5.41) is 7.87. The van der Waals surface area contributed by atoms with Crippen LogP contribution >= 0.6 is 23.4 Å². The van der Waals surface area contributed by atoms with Crippen molar-refractivity contribution in [1.29, 1.82) is 0 Å². The first-order chi connectivity index (χ1) is 28.6. The van der Waals surface area contributed by atoms with Crippen molar-refractivity contribution in [3.05, 3.63) is 130 Å². The maximum absolute atomic E-state index is 13.3. The Bertz CT molecular complexity index is 1990. The van der Waals surface area contributed by atoms with E-state index in [1.54, 1.807) is 5.57 Å². The number of anilines is 2. The molecule has 0 bridgehead atoms. The summed E-state index contributed by atoms with van der Waals surface area (Å²) in [6.07, 6.45) is 8.64. The molecule has 0 saturated carbocycles. The summed E-state index contributed by atoms with van der Waals surface area (Å²) in [5.41, 5.74) is 10.2. The fraction of sp³-hybridized carbons (Fsp3) is 0.471. The predicted octanol–water partition coefficient (Wildman–Crippen LogP) is 11.4. The number of hydrogen-bond donors (Lipinski definition) is 2. The van der Waals surface area contributed by atoms with Crippen LogP contribution in [0.1, 0.15) is 92.8 Å². The third-order valence-electron chi connectivity index (χ3n) is 13.4. The molecular weight excluding hydrogens is 766 g/mol. The third kappa shape index (κ3) is 12.0. The van der Waals surface area contributed by atoms with E-state index in [0.29, 0.717) is 29.5 Å². The van der Waals surface area contributed by atoms with E-state index >= 15 is 0 Å². The molecule has 2 saturated heterocycles. The lowest BCUT2D eigenvalue weighted by Gasteiger charge is -2.42. The zero-order valence-electron chi connectivity index (χ0n) is 35.9. The highest BCUT2D eigenvalue weighted by atomic mass is 35.5. The van der Waals surface area contributed by atoms with Crippen molar-refractivity contribution in [3.63, 3.8) is 0 Å². The van der Waals surface area contributed by atoms with Crippen LogP contribution in [0.3, 0.4) is 0 Å². The number of hydrogen-bond acceptors (Lipinski definition) is 6. The topological polar surface area (TPSA) is 50.9 Å². The van der Waals surface area contributed by atoms with Gasteiger partial charge in [-0.2, -0.15) is 0 Å². The van der Waals surface area contributed by atoms with Crippen molar-refractivity contribution in [2.45, 2.75) is 90.1 Å². The second-order valence-electron chi connectivity index (χ2n) is 17.9. The number of benzene rings is 4. The van der Waals surface area contributed by atoms with Gasteiger partial charge in [0.2, 0.25) is 0 Å². The minimum absolute atomic E-state index is 0.0393. The van der Waals surface area contributed by atoms with E-state index in [-0.39, 0.29) is 5.91 Å². The monoisotopic (exact) mass is 831 g/mol. The van der Waals surface area contributed by atoms with Crippen molar-refractivity contribution in [3.8, 4) is 0 Å². The van der Waals surface area contributed by atoms with E-state index in [1.165, 1.54) is 71.7 Å². The van der Waals surface area contributed by atoms with Gasteiger partial charge in [-0.15, -0.1) is 11.8 Å². The molecule has 1 unspecified atom stereocenters. The summed E-state index contributed by atoms with van der Waals surface area (Å²) in [6.45, 7) is 18.5. The van der Waals surface area contributed by atoms with E-state index in [4.69, 9.17) is 11.6 Å². The normalized spacial score (nSPS) is 19.9. The predicted molar refractivity (Wildman–Crippen MR) is 252 cm³/mol. The standard InChI is InChI=1S/C51H66ClN5OS/c1-38(2)51(4)25-23-48(41-14-18-44(52)19-15-41)43(34-51)36-56-29-31-57(32-30-56)46-20-16-42(17-21-46)50(58)53-35-40-13-22-49(39(3)33-40)54-45(24-28-55-26-9-6-10-27-55)37-59-47-11-7-5-8-12-47/h5,7-8,11-22,33,38,45,54H,6,9-10,23-32,34-37H2,1-4H3,(H,53,58)/t45-,51?/m1/s1. The number of halogens is 1. The lowest BCUT2D eigenvalue weighted by atomic mass is 9.66. The smallest absolute Gasteiger partial charge is 0.251 e. The van der Waals surface area contributed by atoms with Gasteiger partial charge in [0.15, 0.2) is 0 Å². The van der Waals surface area contributed by atoms with Crippen molar-refractivity contribution in [2.75, 3.05) is 68.3 Å². The Morgan fingerprint density at radius 3 is 2.27 bits per heavy atom. The lowest BCUT2D eigenvalue weighted by Crippen LogP contribution is -2.47. The molecule has 0 spiro atoms. The highest BCUT2D eigenvalue weighted by Crippen LogP contribution is 2.47. The van der Waals surface area contributed by atoms with Gasteiger partial charge < -0.3 is 20.4 Å². The van der Waals surface area contributed by atoms with Crippen LogP contribution in [0.4, 0.5) is 11.4 Å². The summed E-state index contributed by atoms with van der Waals surface area (Å²) < 4.78 is 0. The Morgan fingerprint density at radius 2 is 1.58 bits per heavy atom. The fourth-order valence-corrected chi connectivity index (χ4v) is 10.2. The summed E-state index contributed by atoms with van der Waals surface area (Å²) in [6, 6.07) is 34.3. The van der Waals surface area contributed by atoms with Crippen LogP contribution < -0.4 is 15.5 Å². The molecule has 0 aromatic heterocycles. The van der Waals surface area contributed by atoms with Crippen molar-refractivity contribution >= 4 is 46.2 Å². The molecule has 2 fully saturated rings. The molecular formula is C51H66ClN5OS. The van der Waals surface area contributed by atoms with Crippen molar-refractivity contribution < 1.29 is 4.79 Å². The number of nitrogens with one attached hydrogen (secondary N) is 2. The molecule has 1 aliphatic carbocycles. The molecule has 6 nitrogen and oxygen atoms in total. The Kier molecular flexibility index (Phi) is 15.2. The van der Waals surface area contributed by atoms with Gasteiger partial charge >= 0.3 is 0 Å². The number of nitrogens with zero attached hydrogens (tertiary/aromatic N) is 3. The van der Waals surface area contributed by atoms with Gasteiger partial charge in [-0.1, -0.05) is 86.8 Å². The van der Waals surface area contributed by atoms with Crippen LogP contribution in [0, 0.1) is 18.3 Å². The number of thioether (sulfide) groups is 1. The first-order valence-corrected chi connectivity index (χ1v) is 23.6. The summed E-state index contributed by atoms with van der Waals surface area (Å²) >= 11 is 8.20. The molecule has 7 rings (SSSR count). The summed E-state index contributed by atoms with van der Waals surface area (Å²) in [4.78, 5) is 22.3. The lowest BCUT2D eigenvalue weighted by molar-refractivity contribution is 0.0951. The molecule has 3 aliphatic rings. The van der Waals surface area contributed by atoms with E-state index in [0.717, 1.165) is 74.9 Å². The van der Waals surface area contributed by atoms with Crippen molar-refractivity contribution in [1.82, 2.24) is 15.1 Å². The van der Waals surface area contributed by atoms with Crippen molar-refractivity contribution in [2.24, 2.45) is 11.3 Å². The number of carbonyl (C=O) groups excluding carboxylic acids is 1. The van der Waals surface area contributed by atoms with Crippen LogP contribution in [-0.4, -0.2) is 79.9 Å². The molecule has 4 aromatic carbocycles. The number of carbonyl (C=O) groups is 1. The number of aryl methyl sites for hydroxylation is 1. The number of allylic oxidation sites excluding steroid dienone is 1. The second-order valence-corrected chi connectivity index (χ2v) is 19.4. The van der Waals surface area contributed by atoms with Crippen LogP contribution in [0.2, 0.25) is 5.02 Å².